The van der Waals surface area contributed by atoms with Crippen LogP contribution in [0.2, 0.25) is 0 Å². The molecule has 2 N–H and O–H groups in total. The number of thiazole rings is 1. The fourth-order valence-electron chi connectivity index (χ4n) is 2.04. The molecular weight excluding hydrogens is 358 g/mol. The van der Waals surface area contributed by atoms with Crippen molar-refractivity contribution in [2.45, 2.75) is 37.6 Å². The van der Waals surface area contributed by atoms with Gasteiger partial charge in [0.2, 0.25) is 11.8 Å². The van der Waals surface area contributed by atoms with Gasteiger partial charge in [-0.2, -0.15) is 0 Å². The van der Waals surface area contributed by atoms with Gasteiger partial charge >= 0.3 is 0 Å². The van der Waals surface area contributed by atoms with E-state index in [-0.39, 0.29) is 17.7 Å². The summed E-state index contributed by atoms with van der Waals surface area (Å²) >= 11 is 2.97. The quantitative estimate of drug-likeness (QED) is 0.542. The van der Waals surface area contributed by atoms with Crippen molar-refractivity contribution < 1.29 is 9.59 Å². The number of carbonyl (C=O) groups is 2. The Morgan fingerprint density at radius 2 is 2.12 bits per heavy atom. The molecule has 0 aliphatic heterocycles. The summed E-state index contributed by atoms with van der Waals surface area (Å²) in [5.41, 5.74) is 0.909. The van der Waals surface area contributed by atoms with Crippen LogP contribution in [-0.2, 0) is 9.59 Å². The predicted octanol–water partition coefficient (Wildman–Crippen LogP) is 3.10. The molecule has 9 heteroatoms. The molecule has 2 aromatic rings. The molecule has 1 aliphatic carbocycles. The zero-order chi connectivity index (χ0) is 17.6. The smallest absolute Gasteiger partial charge is 0.228 e. The van der Waals surface area contributed by atoms with Crippen molar-refractivity contribution in [3.8, 4) is 0 Å². The van der Waals surface area contributed by atoms with Crippen molar-refractivity contribution in [2.24, 2.45) is 5.92 Å². The minimum Gasteiger partial charge on any atom is -0.309 e. The topological polar surface area (TPSA) is 96.9 Å². The number of hydrogen-bond donors (Lipinski definition) is 2. The number of nitrogens with zero attached hydrogens (tertiary/aromatic N) is 3. The fourth-order valence-corrected chi connectivity index (χ4v) is 3.51. The van der Waals surface area contributed by atoms with E-state index < -0.39 is 0 Å². The third-order valence-electron chi connectivity index (χ3n) is 3.50. The number of aryl methyl sites for hydroxylation is 1. The second-order valence-electron chi connectivity index (χ2n) is 5.81. The summed E-state index contributed by atoms with van der Waals surface area (Å²) in [6, 6.07) is 3.59. The van der Waals surface area contributed by atoms with Crippen LogP contribution >= 0.6 is 23.1 Å². The molecule has 1 saturated carbocycles. The molecule has 7 nitrogen and oxygen atoms in total. The second kappa shape index (κ2) is 8.39. The molecule has 1 fully saturated rings. The highest BCUT2D eigenvalue weighted by molar-refractivity contribution is 7.99. The maximum absolute atomic E-state index is 11.8. The van der Waals surface area contributed by atoms with Crippen LogP contribution in [0.25, 0.3) is 0 Å². The van der Waals surface area contributed by atoms with Crippen LogP contribution < -0.4 is 10.6 Å². The van der Waals surface area contributed by atoms with Gasteiger partial charge in [-0.3, -0.25) is 9.59 Å². The number of carbonyl (C=O) groups excluding carboxylic acids is 2. The number of hydrogen-bond acceptors (Lipinski definition) is 7. The third-order valence-corrected chi connectivity index (χ3v) is 5.38. The molecule has 0 saturated heterocycles. The summed E-state index contributed by atoms with van der Waals surface area (Å²) in [5, 5.41) is 17.0. The number of thioether (sulfide) groups is 1. The van der Waals surface area contributed by atoms with Crippen molar-refractivity contribution in [3.63, 3.8) is 0 Å². The van der Waals surface area contributed by atoms with E-state index >= 15 is 0 Å². The zero-order valence-electron chi connectivity index (χ0n) is 13.8. The molecule has 2 heterocycles. The largest absolute Gasteiger partial charge is 0.309 e. The van der Waals surface area contributed by atoms with Gasteiger partial charge in [0.1, 0.15) is 5.03 Å². The van der Waals surface area contributed by atoms with Crippen molar-refractivity contribution in [3.05, 3.63) is 23.2 Å². The van der Waals surface area contributed by atoms with Crippen LogP contribution in [0.15, 0.2) is 22.5 Å². The lowest BCUT2D eigenvalue weighted by molar-refractivity contribution is -0.117. The first-order chi connectivity index (χ1) is 12.1. The van der Waals surface area contributed by atoms with Crippen LogP contribution in [0.3, 0.4) is 0 Å². The normalized spacial score (nSPS) is 13.5. The first-order valence-corrected chi connectivity index (χ1v) is 9.96. The molecule has 0 spiro atoms. The summed E-state index contributed by atoms with van der Waals surface area (Å²) in [7, 11) is 0. The lowest BCUT2D eigenvalue weighted by Gasteiger charge is -2.04. The number of rotatable bonds is 8. The minimum absolute atomic E-state index is 0.0242. The van der Waals surface area contributed by atoms with Gasteiger partial charge in [-0.15, -0.1) is 33.3 Å². The summed E-state index contributed by atoms with van der Waals surface area (Å²) in [5.74, 6) is 1.40. The highest BCUT2D eigenvalue weighted by Gasteiger charge is 2.29. The molecule has 0 unspecified atom stereocenters. The minimum atomic E-state index is -0.0285. The molecule has 132 valence electrons. The average molecular weight is 377 g/mol. The van der Waals surface area contributed by atoms with Crippen LogP contribution in [0.1, 0.15) is 31.4 Å². The van der Waals surface area contributed by atoms with Gasteiger partial charge in [0.25, 0.3) is 0 Å². The first kappa shape index (κ1) is 17.8. The standard InChI is InChI=1S/C16H19N5O2S2/c1-10-9-25-16(17-10)19-13(22)3-2-8-24-14-7-6-12(20-21-14)18-15(23)11-4-5-11/h6-7,9,11H,2-5,8H2,1H3,(H,17,19,22)(H,18,20,23). The van der Waals surface area contributed by atoms with E-state index in [1.165, 1.54) is 23.1 Å². The van der Waals surface area contributed by atoms with E-state index in [0.29, 0.717) is 17.4 Å². The number of anilines is 2. The SMILES string of the molecule is Cc1csc(NC(=O)CCCSc2ccc(NC(=O)C3CC3)nn2)n1. The van der Waals surface area contributed by atoms with E-state index in [9.17, 15) is 9.59 Å². The molecule has 1 aliphatic rings. The molecule has 2 aromatic heterocycles. The highest BCUT2D eigenvalue weighted by Crippen LogP contribution is 2.30. The Morgan fingerprint density at radius 3 is 2.76 bits per heavy atom. The van der Waals surface area contributed by atoms with E-state index in [1.807, 2.05) is 18.4 Å². The summed E-state index contributed by atoms with van der Waals surface area (Å²) in [6.07, 6.45) is 3.10. The second-order valence-corrected chi connectivity index (χ2v) is 7.79. The lowest BCUT2D eigenvalue weighted by atomic mass is 10.3. The zero-order valence-corrected chi connectivity index (χ0v) is 15.5. The van der Waals surface area contributed by atoms with Gasteiger partial charge in [0.15, 0.2) is 10.9 Å². The van der Waals surface area contributed by atoms with Gasteiger partial charge < -0.3 is 10.6 Å². The van der Waals surface area contributed by atoms with Gasteiger partial charge in [-0.05, 0) is 38.3 Å². The monoisotopic (exact) mass is 377 g/mol. The highest BCUT2D eigenvalue weighted by atomic mass is 32.2. The van der Waals surface area contributed by atoms with Crippen molar-refractivity contribution in [2.75, 3.05) is 16.4 Å². The van der Waals surface area contributed by atoms with E-state index in [0.717, 1.165) is 35.7 Å². The Balaban J connectivity index is 1.34. The van der Waals surface area contributed by atoms with Crippen LogP contribution in [0.5, 0.6) is 0 Å². The number of nitrogens with one attached hydrogen (secondary N) is 2. The fraction of sp³-hybridized carbons (Fsp3) is 0.438. The first-order valence-electron chi connectivity index (χ1n) is 8.09. The van der Waals surface area contributed by atoms with Gasteiger partial charge in [-0.25, -0.2) is 4.98 Å². The van der Waals surface area contributed by atoms with Crippen molar-refractivity contribution >= 4 is 45.9 Å². The summed E-state index contributed by atoms with van der Waals surface area (Å²) in [6.45, 7) is 1.90. The molecule has 2 amide bonds. The van der Waals surface area contributed by atoms with Crippen molar-refractivity contribution in [1.82, 2.24) is 15.2 Å². The Hall–Kier alpha value is -2.00. The maximum atomic E-state index is 11.8. The Morgan fingerprint density at radius 1 is 1.28 bits per heavy atom. The molecule has 25 heavy (non-hydrogen) atoms. The lowest BCUT2D eigenvalue weighted by Crippen LogP contribution is -2.14. The molecule has 3 rings (SSSR count). The van der Waals surface area contributed by atoms with E-state index in [2.05, 4.69) is 25.8 Å². The number of aromatic nitrogens is 3. The Kier molecular flexibility index (Phi) is 5.98. The van der Waals surface area contributed by atoms with E-state index in [4.69, 9.17) is 0 Å². The molecule has 0 aromatic carbocycles. The maximum Gasteiger partial charge on any atom is 0.228 e. The average Bonchev–Trinajstić information content (AvgIpc) is 3.37. The van der Waals surface area contributed by atoms with Gasteiger partial charge in [0.05, 0.1) is 5.69 Å². The van der Waals surface area contributed by atoms with Crippen LogP contribution in [0, 0.1) is 12.8 Å². The number of amides is 2. The van der Waals surface area contributed by atoms with Crippen LogP contribution in [0.4, 0.5) is 10.9 Å². The third kappa shape index (κ3) is 5.79. The van der Waals surface area contributed by atoms with Crippen LogP contribution in [-0.4, -0.2) is 32.7 Å². The Bertz CT molecular complexity index is 743. The Labute approximate surface area is 154 Å². The summed E-state index contributed by atoms with van der Waals surface area (Å²) < 4.78 is 0. The van der Waals surface area contributed by atoms with E-state index in [1.54, 1.807) is 6.07 Å². The summed E-state index contributed by atoms with van der Waals surface area (Å²) in [4.78, 5) is 27.7. The predicted molar refractivity (Wildman–Crippen MR) is 98.8 cm³/mol. The molecule has 0 atom stereocenters. The van der Waals surface area contributed by atoms with Gasteiger partial charge in [-0.1, -0.05) is 0 Å². The van der Waals surface area contributed by atoms with Gasteiger partial charge in [0, 0.05) is 23.5 Å². The molecule has 0 bridgehead atoms. The van der Waals surface area contributed by atoms with Crippen molar-refractivity contribution in [1.29, 1.82) is 0 Å². The molecule has 0 radical (unpaired) electrons. The molecular formula is C16H19N5O2S2.